The first-order chi connectivity index (χ1) is 8.03. The minimum absolute atomic E-state index is 0.0218. The molecular weight excluding hydrogens is 244 g/mol. The summed E-state index contributed by atoms with van der Waals surface area (Å²) in [5.41, 5.74) is 0.911. The van der Waals surface area contributed by atoms with Crippen molar-refractivity contribution in [2.45, 2.75) is 6.61 Å². The summed E-state index contributed by atoms with van der Waals surface area (Å²) in [5, 5.41) is 0. The van der Waals surface area contributed by atoms with Crippen molar-refractivity contribution in [1.82, 2.24) is 0 Å². The summed E-state index contributed by atoms with van der Waals surface area (Å²) in [7, 11) is -1.80. The molecule has 5 nitrogen and oxygen atoms in total. The lowest BCUT2D eigenvalue weighted by Gasteiger charge is -2.08. The molecule has 0 spiro atoms. The Morgan fingerprint density at radius 2 is 1.88 bits per heavy atom. The molecule has 1 rings (SSSR count). The van der Waals surface area contributed by atoms with E-state index in [2.05, 4.69) is 4.18 Å². The van der Waals surface area contributed by atoms with Crippen molar-refractivity contribution in [3.63, 3.8) is 0 Å². The number of para-hydroxylation sites is 1. The van der Waals surface area contributed by atoms with Crippen molar-refractivity contribution in [2.75, 3.05) is 26.6 Å². The van der Waals surface area contributed by atoms with Gasteiger partial charge in [-0.25, -0.2) is 0 Å². The maximum Gasteiger partial charge on any atom is 0.264 e. The van der Waals surface area contributed by atoms with E-state index in [1.54, 1.807) is 7.11 Å². The van der Waals surface area contributed by atoms with Crippen LogP contribution in [0.3, 0.4) is 0 Å². The van der Waals surface area contributed by atoms with Gasteiger partial charge in [-0.3, -0.25) is 4.18 Å². The van der Waals surface area contributed by atoms with E-state index in [9.17, 15) is 8.42 Å². The van der Waals surface area contributed by atoms with Crippen molar-refractivity contribution in [1.29, 1.82) is 0 Å². The van der Waals surface area contributed by atoms with Crippen molar-refractivity contribution in [3.05, 3.63) is 29.8 Å². The summed E-state index contributed by atoms with van der Waals surface area (Å²) in [6.45, 7) is 0.593. The molecule has 1 aromatic carbocycles. The Morgan fingerprint density at radius 1 is 1.18 bits per heavy atom. The number of rotatable bonds is 7. The van der Waals surface area contributed by atoms with Crippen LogP contribution < -0.4 is 4.74 Å². The molecule has 0 aliphatic rings. The van der Waals surface area contributed by atoms with Crippen molar-refractivity contribution < 1.29 is 22.1 Å². The standard InChI is InChI=1S/C11H16O5S/c1-14-11-6-4-3-5-10(11)9-15-7-8-16-17(2,12)13/h3-6H,7-9H2,1-2H3. The summed E-state index contributed by atoms with van der Waals surface area (Å²) in [6.07, 6.45) is 1.01. The molecule has 1 aromatic rings. The van der Waals surface area contributed by atoms with Crippen LogP contribution in [-0.2, 0) is 25.6 Å². The van der Waals surface area contributed by atoms with Crippen LogP contribution in [0, 0.1) is 0 Å². The molecule has 0 unspecified atom stereocenters. The largest absolute Gasteiger partial charge is 0.496 e. The van der Waals surface area contributed by atoms with Gasteiger partial charge in [0.05, 0.1) is 33.2 Å². The third-order valence-electron chi connectivity index (χ3n) is 1.98. The van der Waals surface area contributed by atoms with Gasteiger partial charge in [-0.15, -0.1) is 0 Å². The molecule has 0 saturated heterocycles. The van der Waals surface area contributed by atoms with E-state index in [1.807, 2.05) is 24.3 Å². The molecule has 0 aliphatic carbocycles. The Kier molecular flexibility index (Phi) is 5.40. The Bertz CT molecular complexity index is 441. The SMILES string of the molecule is COc1ccccc1COCCOS(C)(=O)=O. The maximum absolute atomic E-state index is 10.7. The quantitative estimate of drug-likeness (QED) is 0.544. The molecule has 0 heterocycles. The van der Waals surface area contributed by atoms with Crippen LogP contribution in [0.1, 0.15) is 5.56 Å². The lowest BCUT2D eigenvalue weighted by molar-refractivity contribution is 0.0897. The van der Waals surface area contributed by atoms with Crippen LogP contribution in [0.5, 0.6) is 5.75 Å². The molecular formula is C11H16O5S. The highest BCUT2D eigenvalue weighted by molar-refractivity contribution is 7.85. The Balaban J connectivity index is 2.31. The predicted molar refractivity (Wildman–Crippen MR) is 63.4 cm³/mol. The van der Waals surface area contributed by atoms with Gasteiger partial charge in [-0.05, 0) is 6.07 Å². The van der Waals surface area contributed by atoms with Gasteiger partial charge in [0.15, 0.2) is 0 Å². The Morgan fingerprint density at radius 3 is 2.53 bits per heavy atom. The van der Waals surface area contributed by atoms with Crippen LogP contribution in [0.4, 0.5) is 0 Å². The third-order valence-corrected chi connectivity index (χ3v) is 2.57. The summed E-state index contributed by atoms with van der Waals surface area (Å²) >= 11 is 0. The average Bonchev–Trinajstić information content (AvgIpc) is 2.27. The van der Waals surface area contributed by atoms with Crippen molar-refractivity contribution in [3.8, 4) is 5.75 Å². The van der Waals surface area contributed by atoms with Gasteiger partial charge in [0.1, 0.15) is 5.75 Å². The van der Waals surface area contributed by atoms with Crippen LogP contribution in [0.15, 0.2) is 24.3 Å². The molecule has 17 heavy (non-hydrogen) atoms. The molecule has 0 atom stereocenters. The van der Waals surface area contributed by atoms with Gasteiger partial charge in [0.2, 0.25) is 0 Å². The van der Waals surface area contributed by atoms with E-state index >= 15 is 0 Å². The molecule has 0 fully saturated rings. The lowest BCUT2D eigenvalue weighted by atomic mass is 10.2. The van der Waals surface area contributed by atoms with Crippen molar-refractivity contribution >= 4 is 10.1 Å². The van der Waals surface area contributed by atoms with E-state index in [0.29, 0.717) is 6.61 Å². The zero-order chi connectivity index (χ0) is 12.7. The molecule has 0 aromatic heterocycles. The molecule has 96 valence electrons. The van der Waals surface area contributed by atoms with Gasteiger partial charge in [-0.1, -0.05) is 18.2 Å². The monoisotopic (exact) mass is 260 g/mol. The number of ether oxygens (including phenoxy) is 2. The fourth-order valence-corrected chi connectivity index (χ4v) is 1.62. The topological polar surface area (TPSA) is 61.8 Å². The zero-order valence-electron chi connectivity index (χ0n) is 9.88. The smallest absolute Gasteiger partial charge is 0.264 e. The molecule has 0 saturated carbocycles. The predicted octanol–water partition coefficient (Wildman–Crippen LogP) is 1.19. The second kappa shape index (κ2) is 6.58. The normalized spacial score (nSPS) is 11.4. The lowest BCUT2D eigenvalue weighted by Crippen LogP contribution is -2.09. The second-order valence-electron chi connectivity index (χ2n) is 3.39. The highest BCUT2D eigenvalue weighted by Crippen LogP contribution is 2.17. The van der Waals surface area contributed by atoms with Crippen LogP contribution >= 0.6 is 0 Å². The highest BCUT2D eigenvalue weighted by atomic mass is 32.2. The molecule has 0 aliphatic heterocycles. The summed E-state index contributed by atoms with van der Waals surface area (Å²) in [6, 6.07) is 7.48. The third kappa shape index (κ3) is 5.67. The van der Waals surface area contributed by atoms with E-state index in [4.69, 9.17) is 9.47 Å². The molecule has 0 radical (unpaired) electrons. The summed E-state index contributed by atoms with van der Waals surface area (Å²) in [4.78, 5) is 0. The zero-order valence-corrected chi connectivity index (χ0v) is 10.7. The molecule has 0 bridgehead atoms. The fraction of sp³-hybridized carbons (Fsp3) is 0.455. The Hall–Kier alpha value is -1.11. The van der Waals surface area contributed by atoms with Gasteiger partial charge in [0.25, 0.3) is 10.1 Å². The number of hydrogen-bond donors (Lipinski definition) is 0. The fourth-order valence-electron chi connectivity index (χ4n) is 1.25. The molecule has 0 amide bonds. The van der Waals surface area contributed by atoms with Gasteiger partial charge < -0.3 is 9.47 Å². The van der Waals surface area contributed by atoms with E-state index in [0.717, 1.165) is 17.6 Å². The average molecular weight is 260 g/mol. The van der Waals surface area contributed by atoms with Gasteiger partial charge in [-0.2, -0.15) is 8.42 Å². The first-order valence-electron chi connectivity index (χ1n) is 5.07. The van der Waals surface area contributed by atoms with Gasteiger partial charge >= 0.3 is 0 Å². The van der Waals surface area contributed by atoms with Crippen LogP contribution in [0.2, 0.25) is 0 Å². The second-order valence-corrected chi connectivity index (χ2v) is 5.03. The van der Waals surface area contributed by atoms with Gasteiger partial charge in [0, 0.05) is 5.56 Å². The minimum atomic E-state index is -3.39. The van der Waals surface area contributed by atoms with Crippen molar-refractivity contribution in [2.24, 2.45) is 0 Å². The van der Waals surface area contributed by atoms with E-state index in [1.165, 1.54) is 0 Å². The van der Waals surface area contributed by atoms with Crippen LogP contribution in [0.25, 0.3) is 0 Å². The highest BCUT2D eigenvalue weighted by Gasteiger charge is 2.03. The first-order valence-corrected chi connectivity index (χ1v) is 6.88. The van der Waals surface area contributed by atoms with Crippen LogP contribution in [-0.4, -0.2) is 35.0 Å². The van der Waals surface area contributed by atoms with E-state index < -0.39 is 10.1 Å². The number of methoxy groups -OCH3 is 1. The first kappa shape index (κ1) is 14.0. The number of benzene rings is 1. The number of hydrogen-bond acceptors (Lipinski definition) is 5. The molecule has 6 heteroatoms. The maximum atomic E-state index is 10.7. The van der Waals surface area contributed by atoms with E-state index in [-0.39, 0.29) is 13.2 Å². The minimum Gasteiger partial charge on any atom is -0.496 e. The molecule has 0 N–H and O–H groups in total. The summed E-state index contributed by atoms with van der Waals surface area (Å²) in [5.74, 6) is 0.747. The summed E-state index contributed by atoms with van der Waals surface area (Å²) < 4.78 is 36.3. The Labute approximate surface area is 101 Å².